The maximum Gasteiger partial charge on any atom is 0.179 e. The van der Waals surface area contributed by atoms with Gasteiger partial charge in [0.2, 0.25) is 0 Å². The van der Waals surface area contributed by atoms with Crippen LogP contribution in [0.4, 0.5) is 0 Å². The number of aromatic nitrogens is 3. The van der Waals surface area contributed by atoms with Crippen LogP contribution in [0.25, 0.3) is 11.2 Å². The van der Waals surface area contributed by atoms with Gasteiger partial charge in [0.05, 0.1) is 18.2 Å². The number of ether oxygens (including phenoxy) is 1. The van der Waals surface area contributed by atoms with E-state index in [-0.39, 0.29) is 6.04 Å². The van der Waals surface area contributed by atoms with Gasteiger partial charge in [-0.25, -0.2) is 4.98 Å². The molecule has 2 aromatic heterocycles. The quantitative estimate of drug-likeness (QED) is 0.695. The third kappa shape index (κ3) is 1.96. The second-order valence-corrected chi connectivity index (χ2v) is 5.70. The van der Waals surface area contributed by atoms with Gasteiger partial charge < -0.3 is 9.72 Å². The Morgan fingerprint density at radius 1 is 1.29 bits per heavy atom. The summed E-state index contributed by atoms with van der Waals surface area (Å²) < 4.78 is 8.59. The molecular formula is C16H15N3OS. The van der Waals surface area contributed by atoms with Crippen molar-refractivity contribution in [1.29, 1.82) is 0 Å². The van der Waals surface area contributed by atoms with Gasteiger partial charge in [-0.3, -0.25) is 4.57 Å². The van der Waals surface area contributed by atoms with Crippen LogP contribution in [0.1, 0.15) is 23.7 Å². The van der Waals surface area contributed by atoms with Gasteiger partial charge >= 0.3 is 0 Å². The molecule has 1 aromatic carbocycles. The summed E-state index contributed by atoms with van der Waals surface area (Å²) in [6, 6.07) is 12.4. The van der Waals surface area contributed by atoms with Crippen molar-refractivity contribution in [3.8, 4) is 5.75 Å². The molecule has 0 spiro atoms. The largest absolute Gasteiger partial charge is 0.493 e. The summed E-state index contributed by atoms with van der Waals surface area (Å²) in [7, 11) is 0. The van der Waals surface area contributed by atoms with Crippen LogP contribution < -0.4 is 4.74 Å². The standard InChI is InChI=1S/C16H15N3OS/c1-10-6-7-12-15(17-10)19(16(21)18-12)13-8-9-20-14-5-3-2-4-11(13)14/h2-7,13H,8-9H2,1H3,(H,18,21). The Labute approximate surface area is 127 Å². The summed E-state index contributed by atoms with van der Waals surface area (Å²) in [6.45, 7) is 2.69. The van der Waals surface area contributed by atoms with E-state index in [1.165, 1.54) is 5.56 Å². The van der Waals surface area contributed by atoms with Gasteiger partial charge in [-0.1, -0.05) is 18.2 Å². The lowest BCUT2D eigenvalue weighted by molar-refractivity contribution is 0.257. The highest BCUT2D eigenvalue weighted by Gasteiger charge is 2.25. The van der Waals surface area contributed by atoms with E-state index < -0.39 is 0 Å². The molecule has 3 aromatic rings. The fourth-order valence-electron chi connectivity index (χ4n) is 2.98. The summed E-state index contributed by atoms with van der Waals surface area (Å²) in [5.74, 6) is 0.942. The molecule has 0 fully saturated rings. The Balaban J connectivity index is 1.98. The average molecular weight is 297 g/mol. The number of benzene rings is 1. The number of imidazole rings is 1. The number of pyridine rings is 1. The predicted molar refractivity (Wildman–Crippen MR) is 84.3 cm³/mol. The molecule has 21 heavy (non-hydrogen) atoms. The van der Waals surface area contributed by atoms with Gasteiger partial charge in [0.25, 0.3) is 0 Å². The summed E-state index contributed by atoms with van der Waals surface area (Å²) >= 11 is 5.53. The smallest absolute Gasteiger partial charge is 0.179 e. The third-order valence-electron chi connectivity index (χ3n) is 3.94. The van der Waals surface area contributed by atoms with Crippen LogP contribution in [0.5, 0.6) is 5.75 Å². The molecule has 0 saturated heterocycles. The first kappa shape index (κ1) is 12.6. The molecule has 1 aliphatic rings. The van der Waals surface area contributed by atoms with Crippen molar-refractivity contribution in [3.05, 3.63) is 52.4 Å². The van der Waals surface area contributed by atoms with Crippen LogP contribution in [0, 0.1) is 11.7 Å². The molecule has 1 aliphatic heterocycles. The van der Waals surface area contributed by atoms with E-state index in [4.69, 9.17) is 17.0 Å². The molecule has 0 bridgehead atoms. The van der Waals surface area contributed by atoms with Crippen molar-refractivity contribution in [2.75, 3.05) is 6.61 Å². The van der Waals surface area contributed by atoms with Crippen LogP contribution in [-0.2, 0) is 0 Å². The van der Waals surface area contributed by atoms with Crippen LogP contribution in [0.3, 0.4) is 0 Å². The van der Waals surface area contributed by atoms with E-state index in [9.17, 15) is 0 Å². The van der Waals surface area contributed by atoms with E-state index in [0.717, 1.165) is 29.0 Å². The molecule has 1 atom stereocenters. The zero-order chi connectivity index (χ0) is 14.4. The molecule has 0 radical (unpaired) electrons. The zero-order valence-electron chi connectivity index (χ0n) is 11.7. The van der Waals surface area contributed by atoms with Crippen LogP contribution >= 0.6 is 12.2 Å². The Morgan fingerprint density at radius 3 is 3.05 bits per heavy atom. The Kier molecular flexibility index (Phi) is 2.82. The minimum atomic E-state index is 0.172. The number of hydrogen-bond donors (Lipinski definition) is 1. The van der Waals surface area contributed by atoms with E-state index in [2.05, 4.69) is 20.6 Å². The maximum absolute atomic E-state index is 5.75. The number of para-hydroxylation sites is 1. The fraction of sp³-hybridized carbons (Fsp3) is 0.250. The summed E-state index contributed by atoms with van der Waals surface area (Å²) in [5.41, 5.74) is 4.06. The highest BCUT2D eigenvalue weighted by Crippen LogP contribution is 2.36. The molecule has 106 valence electrons. The molecule has 5 heteroatoms. The van der Waals surface area contributed by atoms with Crippen molar-refractivity contribution < 1.29 is 4.74 Å². The molecular weight excluding hydrogens is 282 g/mol. The third-order valence-corrected chi connectivity index (χ3v) is 4.24. The fourth-order valence-corrected chi connectivity index (χ4v) is 3.30. The van der Waals surface area contributed by atoms with Gasteiger partial charge in [0.15, 0.2) is 10.4 Å². The molecule has 0 amide bonds. The number of fused-ring (bicyclic) bond motifs is 2. The highest BCUT2D eigenvalue weighted by atomic mass is 32.1. The van der Waals surface area contributed by atoms with Crippen molar-refractivity contribution in [3.63, 3.8) is 0 Å². The van der Waals surface area contributed by atoms with E-state index in [0.29, 0.717) is 11.4 Å². The van der Waals surface area contributed by atoms with Crippen molar-refractivity contribution in [1.82, 2.24) is 14.5 Å². The number of hydrogen-bond acceptors (Lipinski definition) is 3. The molecule has 3 heterocycles. The van der Waals surface area contributed by atoms with Gasteiger partial charge in [-0.15, -0.1) is 0 Å². The van der Waals surface area contributed by atoms with Gasteiger partial charge in [-0.05, 0) is 37.3 Å². The van der Waals surface area contributed by atoms with Gasteiger partial charge in [0, 0.05) is 17.7 Å². The number of aryl methyl sites for hydroxylation is 1. The maximum atomic E-state index is 5.75. The molecule has 4 nitrogen and oxygen atoms in total. The molecule has 1 unspecified atom stereocenters. The summed E-state index contributed by atoms with van der Waals surface area (Å²) in [5, 5.41) is 0. The first-order valence-corrected chi connectivity index (χ1v) is 7.44. The monoisotopic (exact) mass is 297 g/mol. The molecule has 4 rings (SSSR count). The Bertz CT molecular complexity index is 881. The topological polar surface area (TPSA) is 42.8 Å². The number of nitrogens with one attached hydrogen (secondary N) is 1. The number of rotatable bonds is 1. The lowest BCUT2D eigenvalue weighted by Crippen LogP contribution is -2.20. The summed E-state index contributed by atoms with van der Waals surface area (Å²) in [6.07, 6.45) is 0.897. The first-order valence-electron chi connectivity index (χ1n) is 7.03. The number of nitrogens with zero attached hydrogens (tertiary/aromatic N) is 2. The highest BCUT2D eigenvalue weighted by molar-refractivity contribution is 7.71. The second kappa shape index (κ2) is 4.70. The summed E-state index contributed by atoms with van der Waals surface area (Å²) in [4.78, 5) is 7.93. The van der Waals surface area contributed by atoms with Crippen molar-refractivity contribution >= 4 is 23.4 Å². The number of aromatic amines is 1. The number of H-pyrrole nitrogens is 1. The van der Waals surface area contributed by atoms with E-state index >= 15 is 0 Å². The van der Waals surface area contributed by atoms with E-state index in [1.807, 2.05) is 37.3 Å². The van der Waals surface area contributed by atoms with Crippen LogP contribution in [-0.4, -0.2) is 21.1 Å². The Morgan fingerprint density at radius 2 is 2.14 bits per heavy atom. The minimum absolute atomic E-state index is 0.172. The second-order valence-electron chi connectivity index (χ2n) is 5.31. The molecule has 0 aliphatic carbocycles. The van der Waals surface area contributed by atoms with Gasteiger partial charge in [0.1, 0.15) is 5.75 Å². The van der Waals surface area contributed by atoms with Gasteiger partial charge in [-0.2, -0.15) is 0 Å². The SMILES string of the molecule is Cc1ccc2[nH]c(=S)n(C3CCOc4ccccc43)c2n1. The minimum Gasteiger partial charge on any atom is -0.493 e. The lowest BCUT2D eigenvalue weighted by Gasteiger charge is -2.27. The first-order chi connectivity index (χ1) is 10.2. The van der Waals surface area contributed by atoms with E-state index in [1.54, 1.807) is 0 Å². The van der Waals surface area contributed by atoms with Crippen molar-refractivity contribution in [2.24, 2.45) is 0 Å². The normalized spacial score (nSPS) is 17.5. The lowest BCUT2D eigenvalue weighted by atomic mass is 10.0. The molecule has 1 N–H and O–H groups in total. The van der Waals surface area contributed by atoms with Crippen LogP contribution in [0.15, 0.2) is 36.4 Å². The predicted octanol–water partition coefficient (Wildman–Crippen LogP) is 3.77. The van der Waals surface area contributed by atoms with Crippen molar-refractivity contribution in [2.45, 2.75) is 19.4 Å². The van der Waals surface area contributed by atoms with Crippen LogP contribution in [0.2, 0.25) is 0 Å². The zero-order valence-corrected chi connectivity index (χ0v) is 12.5. The Hall–Kier alpha value is -2.14. The molecule has 0 saturated carbocycles. The average Bonchev–Trinajstić information content (AvgIpc) is 2.82.